The maximum atomic E-state index is 12.3. The second kappa shape index (κ2) is 6.10. The highest BCUT2D eigenvalue weighted by Crippen LogP contribution is 2.17. The van der Waals surface area contributed by atoms with Crippen molar-refractivity contribution in [3.8, 4) is 0 Å². The highest BCUT2D eigenvalue weighted by Gasteiger charge is 2.19. The molecule has 1 amide bonds. The lowest BCUT2D eigenvalue weighted by atomic mass is 10.1. The molecule has 2 aromatic rings. The lowest BCUT2D eigenvalue weighted by Gasteiger charge is -2.15. The average molecular weight is 303 g/mol. The predicted molar refractivity (Wildman–Crippen MR) is 81.9 cm³/mol. The van der Waals surface area contributed by atoms with Crippen molar-refractivity contribution in [1.29, 1.82) is 0 Å². The summed E-state index contributed by atoms with van der Waals surface area (Å²) < 4.78 is 23.5. The smallest absolute Gasteiger partial charge is 0.253 e. The number of nitrogens with one attached hydrogen (secondary N) is 1. The van der Waals surface area contributed by atoms with Crippen molar-refractivity contribution in [2.45, 2.75) is 17.9 Å². The molecule has 0 bridgehead atoms. The van der Waals surface area contributed by atoms with E-state index in [1.807, 2.05) is 37.3 Å². The number of rotatable bonds is 4. The average Bonchev–Trinajstić information content (AvgIpc) is 2.47. The minimum Gasteiger partial charge on any atom is -0.345 e. The summed E-state index contributed by atoms with van der Waals surface area (Å²) in [6, 6.07) is 15.5. The molecule has 0 spiro atoms. The molecule has 0 heterocycles. The summed E-state index contributed by atoms with van der Waals surface area (Å²) in [6.45, 7) is 1.86. The van der Waals surface area contributed by atoms with Crippen LogP contribution >= 0.6 is 0 Å². The fourth-order valence-electron chi connectivity index (χ4n) is 2.08. The first-order valence-corrected chi connectivity index (χ1v) is 8.43. The van der Waals surface area contributed by atoms with Gasteiger partial charge in [-0.05, 0) is 24.6 Å². The van der Waals surface area contributed by atoms with Crippen LogP contribution in [0.15, 0.2) is 59.5 Å². The van der Waals surface area contributed by atoms with E-state index < -0.39 is 15.7 Å². The molecular formula is C16H17NO3S. The van der Waals surface area contributed by atoms with Gasteiger partial charge in [-0.2, -0.15) is 0 Å². The Balaban J connectivity index is 2.26. The Morgan fingerprint density at radius 3 is 2.19 bits per heavy atom. The van der Waals surface area contributed by atoms with Gasteiger partial charge in [0, 0.05) is 6.26 Å². The highest BCUT2D eigenvalue weighted by molar-refractivity contribution is 7.90. The van der Waals surface area contributed by atoms with Crippen LogP contribution in [0.5, 0.6) is 0 Å². The maximum absolute atomic E-state index is 12.3. The van der Waals surface area contributed by atoms with Gasteiger partial charge >= 0.3 is 0 Å². The Morgan fingerprint density at radius 2 is 1.57 bits per heavy atom. The van der Waals surface area contributed by atoms with Crippen LogP contribution in [-0.4, -0.2) is 20.6 Å². The van der Waals surface area contributed by atoms with Crippen LogP contribution in [0.3, 0.4) is 0 Å². The summed E-state index contributed by atoms with van der Waals surface area (Å²) in [4.78, 5) is 12.4. The molecule has 0 aliphatic rings. The van der Waals surface area contributed by atoms with Gasteiger partial charge in [0.05, 0.1) is 16.5 Å². The zero-order valence-electron chi connectivity index (χ0n) is 11.9. The lowest BCUT2D eigenvalue weighted by Crippen LogP contribution is -2.28. The molecule has 5 heteroatoms. The van der Waals surface area contributed by atoms with Crippen molar-refractivity contribution < 1.29 is 13.2 Å². The van der Waals surface area contributed by atoms with Crippen molar-refractivity contribution in [3.05, 3.63) is 65.7 Å². The molecule has 1 N–H and O–H groups in total. The standard InChI is InChI=1S/C16H17NO3S/c1-12(13-8-4-3-5-9-13)17-16(18)14-10-6-7-11-15(14)21(2,19)20/h3-12H,1-2H3,(H,17,18). The van der Waals surface area contributed by atoms with Crippen molar-refractivity contribution in [2.75, 3.05) is 6.26 Å². The molecule has 0 aliphatic carbocycles. The second-order valence-electron chi connectivity index (χ2n) is 4.87. The quantitative estimate of drug-likeness (QED) is 0.944. The van der Waals surface area contributed by atoms with Crippen molar-refractivity contribution in [1.82, 2.24) is 5.32 Å². The molecule has 0 aromatic heterocycles. The van der Waals surface area contributed by atoms with Gasteiger partial charge in [-0.25, -0.2) is 8.42 Å². The van der Waals surface area contributed by atoms with E-state index in [4.69, 9.17) is 0 Å². The molecule has 0 saturated carbocycles. The first kappa shape index (κ1) is 15.3. The zero-order chi connectivity index (χ0) is 15.5. The summed E-state index contributed by atoms with van der Waals surface area (Å²) in [7, 11) is -3.44. The summed E-state index contributed by atoms with van der Waals surface area (Å²) in [5.74, 6) is -0.396. The van der Waals surface area contributed by atoms with E-state index in [0.29, 0.717) is 0 Å². The molecule has 110 valence electrons. The maximum Gasteiger partial charge on any atom is 0.253 e. The highest BCUT2D eigenvalue weighted by atomic mass is 32.2. The molecule has 0 saturated heterocycles. The van der Waals surface area contributed by atoms with Gasteiger partial charge < -0.3 is 5.32 Å². The number of benzene rings is 2. The Labute approximate surface area is 124 Å². The predicted octanol–water partition coefficient (Wildman–Crippen LogP) is 2.58. The fraction of sp³-hybridized carbons (Fsp3) is 0.188. The van der Waals surface area contributed by atoms with E-state index in [1.54, 1.807) is 12.1 Å². The summed E-state index contributed by atoms with van der Waals surface area (Å²) in [6.07, 6.45) is 1.10. The van der Waals surface area contributed by atoms with Gasteiger partial charge in [0.15, 0.2) is 9.84 Å². The largest absolute Gasteiger partial charge is 0.345 e. The van der Waals surface area contributed by atoms with Crippen LogP contribution in [-0.2, 0) is 9.84 Å². The fourth-order valence-corrected chi connectivity index (χ4v) is 2.96. The zero-order valence-corrected chi connectivity index (χ0v) is 12.7. The number of hydrogen-bond donors (Lipinski definition) is 1. The summed E-state index contributed by atoms with van der Waals surface area (Å²) >= 11 is 0. The van der Waals surface area contributed by atoms with Crippen LogP contribution < -0.4 is 5.32 Å². The second-order valence-corrected chi connectivity index (χ2v) is 6.86. The summed E-state index contributed by atoms with van der Waals surface area (Å²) in [5, 5.41) is 2.82. The number of amides is 1. The van der Waals surface area contributed by atoms with Crippen LogP contribution in [0, 0.1) is 0 Å². The van der Waals surface area contributed by atoms with Crippen molar-refractivity contribution in [3.63, 3.8) is 0 Å². The van der Waals surface area contributed by atoms with E-state index >= 15 is 0 Å². The molecule has 2 aromatic carbocycles. The van der Waals surface area contributed by atoms with E-state index in [-0.39, 0.29) is 16.5 Å². The minimum absolute atomic E-state index is 0.0442. The van der Waals surface area contributed by atoms with Gasteiger partial charge in [0.1, 0.15) is 0 Å². The van der Waals surface area contributed by atoms with E-state index in [9.17, 15) is 13.2 Å². The third kappa shape index (κ3) is 3.70. The number of carbonyl (C=O) groups excluding carboxylic acids is 1. The Kier molecular flexibility index (Phi) is 4.43. The van der Waals surface area contributed by atoms with Crippen LogP contribution in [0.1, 0.15) is 28.9 Å². The van der Waals surface area contributed by atoms with Gasteiger partial charge in [0.25, 0.3) is 5.91 Å². The Bertz CT molecular complexity index is 739. The first-order chi connectivity index (χ1) is 9.89. The molecule has 1 atom stereocenters. The lowest BCUT2D eigenvalue weighted by molar-refractivity contribution is 0.0936. The van der Waals surface area contributed by atoms with E-state index in [1.165, 1.54) is 12.1 Å². The van der Waals surface area contributed by atoms with E-state index in [0.717, 1.165) is 11.8 Å². The minimum atomic E-state index is -3.44. The monoisotopic (exact) mass is 303 g/mol. The molecule has 0 aliphatic heterocycles. The van der Waals surface area contributed by atoms with Crippen molar-refractivity contribution >= 4 is 15.7 Å². The molecule has 0 fully saturated rings. The van der Waals surface area contributed by atoms with Gasteiger partial charge in [-0.1, -0.05) is 42.5 Å². The van der Waals surface area contributed by atoms with Crippen LogP contribution in [0.25, 0.3) is 0 Å². The van der Waals surface area contributed by atoms with Crippen molar-refractivity contribution in [2.24, 2.45) is 0 Å². The first-order valence-electron chi connectivity index (χ1n) is 6.54. The normalized spacial score (nSPS) is 12.7. The Hall–Kier alpha value is -2.14. The number of sulfone groups is 1. The molecule has 21 heavy (non-hydrogen) atoms. The number of carbonyl (C=O) groups is 1. The molecule has 2 rings (SSSR count). The Morgan fingerprint density at radius 1 is 1.00 bits per heavy atom. The summed E-state index contributed by atoms with van der Waals surface area (Å²) in [5.41, 5.74) is 1.13. The van der Waals surface area contributed by atoms with Crippen LogP contribution in [0.4, 0.5) is 0 Å². The molecule has 0 radical (unpaired) electrons. The van der Waals surface area contributed by atoms with E-state index in [2.05, 4.69) is 5.32 Å². The third-order valence-corrected chi connectivity index (χ3v) is 4.33. The molecule has 4 nitrogen and oxygen atoms in total. The van der Waals surface area contributed by atoms with Crippen LogP contribution in [0.2, 0.25) is 0 Å². The topological polar surface area (TPSA) is 63.2 Å². The number of hydrogen-bond acceptors (Lipinski definition) is 3. The van der Waals surface area contributed by atoms with Gasteiger partial charge in [-0.3, -0.25) is 4.79 Å². The SMILES string of the molecule is CC(NC(=O)c1ccccc1S(C)(=O)=O)c1ccccc1. The van der Waals surface area contributed by atoms with Gasteiger partial charge in [0.2, 0.25) is 0 Å². The molecular weight excluding hydrogens is 286 g/mol. The molecule has 1 unspecified atom stereocenters. The third-order valence-electron chi connectivity index (χ3n) is 3.18. The van der Waals surface area contributed by atoms with Gasteiger partial charge in [-0.15, -0.1) is 0 Å².